The first-order valence-electron chi connectivity index (χ1n) is 2.10. The van der Waals surface area contributed by atoms with Crippen LogP contribution in [0.5, 0.6) is 0 Å². The molecule has 0 bridgehead atoms. The Labute approximate surface area is 40.0 Å². The van der Waals surface area contributed by atoms with Crippen molar-refractivity contribution in [2.45, 2.75) is 6.35 Å². The summed E-state index contributed by atoms with van der Waals surface area (Å²) in [6.07, 6.45) is -0.0764. The van der Waals surface area contributed by atoms with Crippen molar-refractivity contribution in [3.63, 3.8) is 0 Å². The third-order valence-electron chi connectivity index (χ3n) is 1.05. The topological polar surface area (TPSA) is 44.6 Å². The van der Waals surface area contributed by atoms with Gasteiger partial charge in [0.1, 0.15) is 0 Å². The van der Waals surface area contributed by atoms with Crippen molar-refractivity contribution in [2.24, 2.45) is 0 Å². The van der Waals surface area contributed by atoms with E-state index in [1.807, 2.05) is 0 Å². The van der Waals surface area contributed by atoms with Crippen molar-refractivity contribution < 1.29 is 9.63 Å². The van der Waals surface area contributed by atoms with Crippen molar-refractivity contribution in [3.05, 3.63) is 0 Å². The van der Waals surface area contributed by atoms with Crippen LogP contribution >= 0.6 is 0 Å². The molecular formula is C3H4N2O2. The van der Waals surface area contributed by atoms with E-state index in [2.05, 4.69) is 10.2 Å². The zero-order valence-corrected chi connectivity index (χ0v) is 3.55. The molecule has 0 radical (unpaired) electrons. The molecule has 0 aromatic carbocycles. The zero-order valence-electron chi connectivity index (χ0n) is 3.55. The number of carbonyl (C=O) groups excluding carboxylic acids is 1. The highest BCUT2D eigenvalue weighted by molar-refractivity contribution is 5.80. The number of hydrogen-bond donors (Lipinski definition) is 1. The number of amides is 1. The second-order valence-corrected chi connectivity index (χ2v) is 1.56. The second kappa shape index (κ2) is 0.801. The lowest BCUT2D eigenvalue weighted by Gasteiger charge is -1.84. The molecule has 1 amide bonds. The largest absolute Gasteiger partial charge is 0.271 e. The van der Waals surface area contributed by atoms with Crippen LogP contribution in [0.25, 0.3) is 0 Å². The Morgan fingerprint density at radius 3 is 3.00 bits per heavy atom. The quantitative estimate of drug-likeness (QED) is 0.383. The third-order valence-corrected chi connectivity index (χ3v) is 1.05. The molecule has 2 rings (SSSR count). The molecule has 2 aliphatic heterocycles. The maximum absolute atomic E-state index is 10.4. The van der Waals surface area contributed by atoms with Crippen LogP contribution in [0.1, 0.15) is 0 Å². The number of hydrogen-bond acceptors (Lipinski definition) is 3. The van der Waals surface area contributed by atoms with Gasteiger partial charge in [-0.15, -0.1) is 0 Å². The number of fused-ring (bicyclic) bond motifs is 1. The highest BCUT2D eigenvalue weighted by Gasteiger charge is 2.46. The van der Waals surface area contributed by atoms with Crippen LogP contribution in [0, 0.1) is 0 Å². The van der Waals surface area contributed by atoms with Gasteiger partial charge in [0.05, 0.1) is 6.54 Å². The van der Waals surface area contributed by atoms with Gasteiger partial charge in [-0.1, -0.05) is 0 Å². The molecule has 0 aromatic heterocycles. The van der Waals surface area contributed by atoms with Crippen LogP contribution in [-0.4, -0.2) is 23.9 Å². The predicted molar refractivity (Wildman–Crippen MR) is 19.7 cm³/mol. The van der Waals surface area contributed by atoms with E-state index in [1.54, 1.807) is 0 Å². The summed E-state index contributed by atoms with van der Waals surface area (Å²) in [5, 5.41) is 4.12. The zero-order chi connectivity index (χ0) is 4.85. The van der Waals surface area contributed by atoms with Gasteiger partial charge < -0.3 is 0 Å². The summed E-state index contributed by atoms with van der Waals surface area (Å²) in [6.45, 7) is 0.435. The molecule has 0 saturated carbocycles. The minimum atomic E-state index is -0.0764. The third kappa shape index (κ3) is 0.299. The van der Waals surface area contributed by atoms with Gasteiger partial charge in [0.2, 0.25) is 6.35 Å². The van der Waals surface area contributed by atoms with E-state index in [0.29, 0.717) is 6.54 Å². The normalized spacial score (nSPS) is 36.3. The number of rotatable bonds is 0. The van der Waals surface area contributed by atoms with Gasteiger partial charge in [0, 0.05) is 0 Å². The average molecular weight is 100 g/mol. The lowest BCUT2D eigenvalue weighted by molar-refractivity contribution is -0.130. The minimum absolute atomic E-state index is 0.0324. The van der Waals surface area contributed by atoms with Crippen LogP contribution in [0.3, 0.4) is 0 Å². The first kappa shape index (κ1) is 3.40. The number of carbonyl (C=O) groups is 1. The Kier molecular flexibility index (Phi) is 0.389. The Bertz CT molecular complexity index is 124. The molecule has 2 saturated heterocycles. The summed E-state index contributed by atoms with van der Waals surface area (Å²) in [4.78, 5) is 15.0. The van der Waals surface area contributed by atoms with Crippen LogP contribution < -0.4 is 5.32 Å². The molecule has 4 heteroatoms. The van der Waals surface area contributed by atoms with Gasteiger partial charge in [-0.2, -0.15) is 5.06 Å². The van der Waals surface area contributed by atoms with Crippen molar-refractivity contribution in [1.82, 2.24) is 10.4 Å². The minimum Gasteiger partial charge on any atom is -0.271 e. The van der Waals surface area contributed by atoms with Crippen LogP contribution in [0.2, 0.25) is 0 Å². The fourth-order valence-corrected chi connectivity index (χ4v) is 0.643. The maximum Gasteiger partial charge on any atom is 0.264 e. The van der Waals surface area contributed by atoms with E-state index >= 15 is 0 Å². The highest BCUT2D eigenvalue weighted by Crippen LogP contribution is 2.20. The molecule has 7 heavy (non-hydrogen) atoms. The van der Waals surface area contributed by atoms with Gasteiger partial charge in [-0.3, -0.25) is 10.1 Å². The summed E-state index contributed by atoms with van der Waals surface area (Å²) in [5.74, 6) is 0.0324. The van der Waals surface area contributed by atoms with Crippen molar-refractivity contribution in [3.8, 4) is 0 Å². The van der Waals surface area contributed by atoms with Gasteiger partial charge in [-0.05, 0) is 0 Å². The lowest BCUT2D eigenvalue weighted by atomic mass is 10.7. The lowest BCUT2D eigenvalue weighted by Crippen LogP contribution is -2.16. The number of nitrogens with one attached hydrogen (secondary N) is 1. The van der Waals surface area contributed by atoms with Gasteiger partial charge in [0.25, 0.3) is 5.91 Å². The Hall–Kier alpha value is -0.610. The van der Waals surface area contributed by atoms with Crippen LogP contribution in [0.4, 0.5) is 0 Å². The van der Waals surface area contributed by atoms with E-state index in [1.165, 1.54) is 5.06 Å². The Morgan fingerprint density at radius 1 is 2.00 bits per heavy atom. The monoisotopic (exact) mass is 100 g/mol. The highest BCUT2D eigenvalue weighted by atomic mass is 16.9. The molecule has 0 aromatic rings. The fraction of sp³-hybridized carbons (Fsp3) is 0.667. The molecule has 4 nitrogen and oxygen atoms in total. The summed E-state index contributed by atoms with van der Waals surface area (Å²) >= 11 is 0. The molecule has 0 spiro atoms. The van der Waals surface area contributed by atoms with Gasteiger partial charge >= 0.3 is 0 Å². The molecule has 2 aliphatic rings. The summed E-state index contributed by atoms with van der Waals surface area (Å²) in [5.41, 5.74) is 0. The van der Waals surface area contributed by atoms with E-state index in [-0.39, 0.29) is 12.3 Å². The molecule has 1 unspecified atom stereocenters. The van der Waals surface area contributed by atoms with Crippen molar-refractivity contribution in [1.29, 1.82) is 0 Å². The summed E-state index contributed by atoms with van der Waals surface area (Å²) < 4.78 is 0. The molecular weight excluding hydrogens is 96.0 g/mol. The number of nitrogens with zero attached hydrogens (tertiary/aromatic N) is 1. The fourth-order valence-electron chi connectivity index (χ4n) is 0.643. The molecule has 1 N–H and O–H groups in total. The second-order valence-electron chi connectivity index (χ2n) is 1.56. The predicted octanol–water partition coefficient (Wildman–Crippen LogP) is -1.35. The van der Waals surface area contributed by atoms with E-state index in [0.717, 1.165) is 0 Å². The van der Waals surface area contributed by atoms with Gasteiger partial charge in [0.15, 0.2) is 0 Å². The summed E-state index contributed by atoms with van der Waals surface area (Å²) in [6, 6.07) is 0. The first-order chi connectivity index (χ1) is 3.38. The van der Waals surface area contributed by atoms with E-state index in [9.17, 15) is 4.79 Å². The van der Waals surface area contributed by atoms with Crippen LogP contribution in [0.15, 0.2) is 0 Å². The molecule has 0 aliphatic carbocycles. The van der Waals surface area contributed by atoms with Crippen molar-refractivity contribution >= 4 is 5.91 Å². The molecule has 2 heterocycles. The SMILES string of the molecule is O=C1CNC2ON12. The van der Waals surface area contributed by atoms with Crippen LogP contribution in [-0.2, 0) is 9.63 Å². The Balaban J connectivity index is 2.21. The van der Waals surface area contributed by atoms with Gasteiger partial charge in [-0.25, -0.2) is 4.84 Å². The van der Waals surface area contributed by atoms with E-state index < -0.39 is 0 Å². The first-order valence-corrected chi connectivity index (χ1v) is 2.10. The smallest absolute Gasteiger partial charge is 0.264 e. The standard InChI is InChI=1S/C3H4N2O2/c6-2-1-4-3-5(2)7-3/h3-4H,1H2. The van der Waals surface area contributed by atoms with Crippen molar-refractivity contribution in [2.75, 3.05) is 6.54 Å². The average Bonchev–Trinajstić information content (AvgIpc) is 2.33. The molecule has 38 valence electrons. The Morgan fingerprint density at radius 2 is 2.86 bits per heavy atom. The molecule has 2 fully saturated rings. The van der Waals surface area contributed by atoms with E-state index in [4.69, 9.17) is 0 Å². The molecule has 1 atom stereocenters. The summed E-state index contributed by atoms with van der Waals surface area (Å²) in [7, 11) is 0. The maximum atomic E-state index is 10.4. The number of hydroxylamine groups is 2.